The fourth-order valence-electron chi connectivity index (χ4n) is 2.51. The van der Waals surface area contributed by atoms with Gasteiger partial charge in [-0.3, -0.25) is 0 Å². The van der Waals surface area contributed by atoms with Gasteiger partial charge in [-0.1, -0.05) is 42.1 Å². The summed E-state index contributed by atoms with van der Waals surface area (Å²) in [4.78, 5) is 4.34. The quantitative estimate of drug-likeness (QED) is 0.768. The summed E-state index contributed by atoms with van der Waals surface area (Å²) in [5, 5.41) is 0.861. The molecule has 0 aromatic carbocycles. The van der Waals surface area contributed by atoms with Crippen LogP contribution in [-0.4, -0.2) is 9.55 Å². The molecule has 1 aliphatic rings. The van der Waals surface area contributed by atoms with Gasteiger partial charge in [-0.15, -0.1) is 0 Å². The smallest absolute Gasteiger partial charge is 0.0949 e. The van der Waals surface area contributed by atoms with Crippen LogP contribution in [0.2, 0.25) is 0 Å². The summed E-state index contributed by atoms with van der Waals surface area (Å²) in [6, 6.07) is 0. The number of aromatic nitrogens is 2. The molecule has 2 rings (SSSR count). The molecule has 0 N–H and O–H groups in total. The lowest BCUT2D eigenvalue weighted by Gasteiger charge is -2.28. The summed E-state index contributed by atoms with van der Waals surface area (Å²) < 4.78 is 2.25. The summed E-state index contributed by atoms with van der Waals surface area (Å²) >= 11 is 3.43. The Hall–Kier alpha value is -0.310. The van der Waals surface area contributed by atoms with E-state index in [4.69, 9.17) is 0 Å². The van der Waals surface area contributed by atoms with Gasteiger partial charge < -0.3 is 4.57 Å². The van der Waals surface area contributed by atoms with Crippen molar-refractivity contribution >= 4 is 15.9 Å². The zero-order valence-electron chi connectivity index (χ0n) is 9.32. The second-order valence-corrected chi connectivity index (χ2v) is 5.28. The highest BCUT2D eigenvalue weighted by Gasteiger charge is 2.21. The first-order valence-corrected chi connectivity index (χ1v) is 6.98. The predicted octanol–water partition coefficient (Wildman–Crippen LogP) is 3.60. The number of halogens is 1. The molecule has 15 heavy (non-hydrogen) atoms. The van der Waals surface area contributed by atoms with Gasteiger partial charge >= 0.3 is 0 Å². The van der Waals surface area contributed by atoms with Gasteiger partial charge in [-0.2, -0.15) is 0 Å². The summed E-state index contributed by atoms with van der Waals surface area (Å²) in [6.45, 7) is 3.55. The number of imidazole rings is 1. The fraction of sp³-hybridized carbons (Fsp3) is 0.750. The Labute approximate surface area is 100 Å². The first-order valence-electron chi connectivity index (χ1n) is 5.86. The van der Waals surface area contributed by atoms with Crippen LogP contribution in [0.15, 0.2) is 12.5 Å². The third kappa shape index (κ3) is 2.83. The minimum atomic E-state index is 0.858. The van der Waals surface area contributed by atoms with Crippen molar-refractivity contribution < 1.29 is 0 Å². The molecule has 2 unspecified atom stereocenters. The Morgan fingerprint density at radius 1 is 1.47 bits per heavy atom. The summed E-state index contributed by atoms with van der Waals surface area (Å²) in [5.74, 6) is 1.74. The Kier molecular flexibility index (Phi) is 3.84. The highest BCUT2D eigenvalue weighted by atomic mass is 79.9. The van der Waals surface area contributed by atoms with Crippen LogP contribution in [0.25, 0.3) is 0 Å². The molecular weight excluding hydrogens is 252 g/mol. The van der Waals surface area contributed by atoms with Gasteiger partial charge in [0, 0.05) is 18.1 Å². The molecule has 0 bridgehead atoms. The first kappa shape index (κ1) is 11.2. The molecule has 0 saturated heterocycles. The Bertz CT molecular complexity index is 308. The third-order valence-electron chi connectivity index (χ3n) is 3.56. The number of nitrogens with zero attached hydrogens (tertiary/aromatic N) is 2. The average Bonchev–Trinajstić information content (AvgIpc) is 2.69. The Morgan fingerprint density at radius 3 is 2.93 bits per heavy atom. The molecule has 1 fully saturated rings. The van der Waals surface area contributed by atoms with Crippen molar-refractivity contribution in [3.05, 3.63) is 18.2 Å². The number of alkyl halides is 1. The van der Waals surface area contributed by atoms with E-state index in [0.717, 1.165) is 29.4 Å². The molecule has 0 aliphatic heterocycles. The SMILES string of the molecule is CC1CCCCC1Cn1cnc(CBr)c1. The molecule has 1 aliphatic carbocycles. The third-order valence-corrected chi connectivity index (χ3v) is 4.13. The van der Waals surface area contributed by atoms with Gasteiger partial charge in [-0.05, 0) is 18.3 Å². The van der Waals surface area contributed by atoms with Gasteiger partial charge in [0.05, 0.1) is 12.0 Å². The Morgan fingerprint density at radius 2 is 2.27 bits per heavy atom. The minimum Gasteiger partial charge on any atom is -0.337 e. The maximum Gasteiger partial charge on any atom is 0.0949 e. The molecule has 1 aromatic rings. The van der Waals surface area contributed by atoms with Crippen molar-refractivity contribution in [1.82, 2.24) is 9.55 Å². The lowest BCUT2D eigenvalue weighted by molar-refractivity contribution is 0.228. The normalized spacial score (nSPS) is 26.8. The van der Waals surface area contributed by atoms with E-state index in [1.165, 1.54) is 25.7 Å². The molecule has 0 spiro atoms. The summed E-state index contributed by atoms with van der Waals surface area (Å²) in [5.41, 5.74) is 1.14. The maximum absolute atomic E-state index is 4.34. The predicted molar refractivity (Wildman–Crippen MR) is 66.0 cm³/mol. The van der Waals surface area contributed by atoms with E-state index in [2.05, 4.69) is 38.6 Å². The largest absolute Gasteiger partial charge is 0.337 e. The van der Waals surface area contributed by atoms with E-state index in [0.29, 0.717) is 0 Å². The lowest BCUT2D eigenvalue weighted by Crippen LogP contribution is -2.21. The molecule has 1 heterocycles. The maximum atomic E-state index is 4.34. The van der Waals surface area contributed by atoms with Crippen molar-refractivity contribution in [3.63, 3.8) is 0 Å². The molecule has 84 valence electrons. The summed E-state index contributed by atoms with van der Waals surface area (Å²) in [7, 11) is 0. The minimum absolute atomic E-state index is 0.858. The van der Waals surface area contributed by atoms with Crippen LogP contribution in [0.3, 0.4) is 0 Å². The fourth-order valence-corrected chi connectivity index (χ4v) is 2.80. The molecule has 2 nitrogen and oxygen atoms in total. The van der Waals surface area contributed by atoms with Crippen molar-refractivity contribution in [3.8, 4) is 0 Å². The first-order chi connectivity index (χ1) is 7.29. The van der Waals surface area contributed by atoms with Crippen LogP contribution < -0.4 is 0 Å². The van der Waals surface area contributed by atoms with Crippen LogP contribution in [0.5, 0.6) is 0 Å². The topological polar surface area (TPSA) is 17.8 Å². The van der Waals surface area contributed by atoms with Gasteiger partial charge in [0.25, 0.3) is 0 Å². The van der Waals surface area contributed by atoms with Crippen molar-refractivity contribution in [2.75, 3.05) is 0 Å². The van der Waals surface area contributed by atoms with Crippen molar-refractivity contribution in [1.29, 1.82) is 0 Å². The monoisotopic (exact) mass is 270 g/mol. The van der Waals surface area contributed by atoms with Crippen LogP contribution in [-0.2, 0) is 11.9 Å². The van der Waals surface area contributed by atoms with E-state index in [1.54, 1.807) is 0 Å². The van der Waals surface area contributed by atoms with Gasteiger partial charge in [-0.25, -0.2) is 4.98 Å². The molecule has 0 radical (unpaired) electrons. The molecule has 1 aromatic heterocycles. The zero-order chi connectivity index (χ0) is 10.7. The van der Waals surface area contributed by atoms with E-state index in [1.807, 2.05) is 6.33 Å². The van der Waals surface area contributed by atoms with Gasteiger partial charge in [0.15, 0.2) is 0 Å². The van der Waals surface area contributed by atoms with E-state index >= 15 is 0 Å². The average molecular weight is 271 g/mol. The summed E-state index contributed by atoms with van der Waals surface area (Å²) in [6.07, 6.45) is 9.77. The Balaban J connectivity index is 1.95. The standard InChI is InChI=1S/C12H19BrN2/c1-10-4-2-3-5-11(10)7-15-8-12(6-13)14-9-15/h8-11H,2-7H2,1H3. The van der Waals surface area contributed by atoms with E-state index in [-0.39, 0.29) is 0 Å². The highest BCUT2D eigenvalue weighted by Crippen LogP contribution is 2.30. The molecule has 1 saturated carbocycles. The van der Waals surface area contributed by atoms with Crippen LogP contribution in [0, 0.1) is 11.8 Å². The van der Waals surface area contributed by atoms with Crippen LogP contribution in [0.4, 0.5) is 0 Å². The molecule has 0 amide bonds. The van der Waals surface area contributed by atoms with Gasteiger partial charge in [0.1, 0.15) is 0 Å². The lowest BCUT2D eigenvalue weighted by atomic mass is 9.80. The zero-order valence-corrected chi connectivity index (χ0v) is 10.9. The highest BCUT2D eigenvalue weighted by molar-refractivity contribution is 9.08. The molecular formula is C12H19BrN2. The second-order valence-electron chi connectivity index (χ2n) is 4.72. The number of rotatable bonds is 3. The van der Waals surface area contributed by atoms with Crippen LogP contribution in [0.1, 0.15) is 38.3 Å². The van der Waals surface area contributed by atoms with Crippen LogP contribution >= 0.6 is 15.9 Å². The molecule has 2 atom stereocenters. The van der Waals surface area contributed by atoms with Gasteiger partial charge in [0.2, 0.25) is 0 Å². The molecule has 3 heteroatoms. The second kappa shape index (κ2) is 5.15. The van der Waals surface area contributed by atoms with Crippen molar-refractivity contribution in [2.45, 2.75) is 44.5 Å². The van der Waals surface area contributed by atoms with Crippen molar-refractivity contribution in [2.24, 2.45) is 11.8 Å². The number of hydrogen-bond donors (Lipinski definition) is 0. The number of hydrogen-bond acceptors (Lipinski definition) is 1. The van der Waals surface area contributed by atoms with E-state index < -0.39 is 0 Å². The van der Waals surface area contributed by atoms with E-state index in [9.17, 15) is 0 Å².